The fourth-order valence-corrected chi connectivity index (χ4v) is 4.91. The van der Waals surface area contributed by atoms with Crippen LogP contribution < -0.4 is 5.32 Å². The number of carbonyl (C=O) groups excluding carboxylic acids is 1. The molecule has 33 heavy (non-hydrogen) atoms. The standard InChI is InChI=1S/C22H21F2N7OS/c1-12-17(19(23)24)28-22(33-12)15-11-25-30(2)18(15)21(32)26-14-8-9-31-16(10-14)27-20(29-31)13-6-4-3-5-7-13/h3-7,11,14,19H,8-10H2,1-2H3,(H,26,32). The van der Waals surface area contributed by atoms with Gasteiger partial charge in [0, 0.05) is 36.5 Å². The summed E-state index contributed by atoms with van der Waals surface area (Å²) in [6, 6.07) is 9.62. The lowest BCUT2D eigenvalue weighted by Crippen LogP contribution is -2.41. The predicted octanol–water partition coefficient (Wildman–Crippen LogP) is 3.79. The smallest absolute Gasteiger partial charge is 0.281 e. The zero-order chi connectivity index (χ0) is 23.1. The molecule has 0 bridgehead atoms. The molecule has 170 valence electrons. The summed E-state index contributed by atoms with van der Waals surface area (Å²) in [4.78, 5) is 22.3. The van der Waals surface area contributed by atoms with E-state index >= 15 is 0 Å². The van der Waals surface area contributed by atoms with Gasteiger partial charge < -0.3 is 5.32 Å². The van der Waals surface area contributed by atoms with E-state index in [0.29, 0.717) is 46.4 Å². The number of halogens is 2. The zero-order valence-corrected chi connectivity index (χ0v) is 18.8. The van der Waals surface area contributed by atoms with Crippen molar-refractivity contribution in [2.75, 3.05) is 0 Å². The Morgan fingerprint density at radius 3 is 2.76 bits per heavy atom. The van der Waals surface area contributed by atoms with Crippen LogP contribution in [0.25, 0.3) is 22.0 Å². The van der Waals surface area contributed by atoms with Gasteiger partial charge in [0.05, 0.1) is 11.8 Å². The van der Waals surface area contributed by atoms with Crippen molar-refractivity contribution in [3.8, 4) is 22.0 Å². The van der Waals surface area contributed by atoms with Crippen LogP contribution in [0.3, 0.4) is 0 Å². The summed E-state index contributed by atoms with van der Waals surface area (Å²) in [5.74, 6) is 1.16. The van der Waals surface area contributed by atoms with Crippen molar-refractivity contribution >= 4 is 17.2 Å². The lowest BCUT2D eigenvalue weighted by atomic mass is 10.1. The maximum absolute atomic E-state index is 13.2. The lowest BCUT2D eigenvalue weighted by molar-refractivity contribution is 0.0921. The van der Waals surface area contributed by atoms with Gasteiger partial charge in [-0.3, -0.25) is 9.48 Å². The third-order valence-corrected chi connectivity index (χ3v) is 6.68. The second-order valence-corrected chi connectivity index (χ2v) is 9.10. The van der Waals surface area contributed by atoms with Crippen molar-refractivity contribution in [3.05, 3.63) is 58.6 Å². The van der Waals surface area contributed by atoms with Crippen molar-refractivity contribution in [2.24, 2.45) is 7.05 Å². The highest BCUT2D eigenvalue weighted by Crippen LogP contribution is 2.34. The van der Waals surface area contributed by atoms with E-state index < -0.39 is 6.43 Å². The highest BCUT2D eigenvalue weighted by molar-refractivity contribution is 7.15. The fraction of sp³-hybridized carbons (Fsp3) is 0.318. The minimum atomic E-state index is -2.66. The Labute approximate surface area is 192 Å². The molecule has 5 rings (SSSR count). The van der Waals surface area contributed by atoms with E-state index in [4.69, 9.17) is 0 Å². The molecule has 1 N–H and O–H groups in total. The SMILES string of the molecule is Cc1sc(-c2cnn(C)c2C(=O)NC2CCn3nc(-c4ccccc4)nc3C2)nc1C(F)F. The Kier molecular flexibility index (Phi) is 5.49. The summed E-state index contributed by atoms with van der Waals surface area (Å²) in [5, 5.41) is 12.2. The van der Waals surface area contributed by atoms with Crippen molar-refractivity contribution in [1.29, 1.82) is 0 Å². The van der Waals surface area contributed by atoms with Crippen LogP contribution >= 0.6 is 11.3 Å². The molecule has 4 heterocycles. The summed E-state index contributed by atoms with van der Waals surface area (Å²) >= 11 is 1.13. The molecule has 0 saturated heterocycles. The second kappa shape index (κ2) is 8.47. The summed E-state index contributed by atoms with van der Waals surface area (Å²) < 4.78 is 29.7. The van der Waals surface area contributed by atoms with Gasteiger partial charge >= 0.3 is 0 Å². The van der Waals surface area contributed by atoms with Crippen LogP contribution in [0.1, 0.15) is 39.7 Å². The molecule has 8 nitrogen and oxygen atoms in total. The minimum absolute atomic E-state index is 0.129. The summed E-state index contributed by atoms with van der Waals surface area (Å²) in [7, 11) is 1.65. The van der Waals surface area contributed by atoms with Gasteiger partial charge in [-0.05, 0) is 13.3 Å². The molecule has 1 aliphatic heterocycles. The molecule has 1 aromatic carbocycles. The fourth-order valence-electron chi connectivity index (χ4n) is 3.98. The highest BCUT2D eigenvalue weighted by Gasteiger charge is 2.28. The number of alkyl halides is 2. The van der Waals surface area contributed by atoms with Crippen LogP contribution in [-0.2, 0) is 20.0 Å². The number of aromatic nitrogens is 6. The molecule has 1 amide bonds. The third kappa shape index (κ3) is 4.04. The Morgan fingerprint density at radius 1 is 1.24 bits per heavy atom. The first-order chi connectivity index (χ1) is 15.9. The van der Waals surface area contributed by atoms with E-state index in [1.165, 1.54) is 10.9 Å². The maximum Gasteiger partial charge on any atom is 0.281 e. The maximum atomic E-state index is 13.2. The summed E-state index contributed by atoms with van der Waals surface area (Å²) in [5.41, 5.74) is 1.43. The molecular weight excluding hydrogens is 448 g/mol. The highest BCUT2D eigenvalue weighted by atomic mass is 32.1. The molecule has 3 aromatic heterocycles. The molecule has 0 spiro atoms. The second-order valence-electron chi connectivity index (χ2n) is 7.90. The van der Waals surface area contributed by atoms with Gasteiger partial charge in [0.15, 0.2) is 5.82 Å². The number of fused-ring (bicyclic) bond motifs is 1. The van der Waals surface area contributed by atoms with Gasteiger partial charge in [0.25, 0.3) is 12.3 Å². The number of nitrogens with zero attached hydrogens (tertiary/aromatic N) is 6. The molecule has 1 aliphatic rings. The van der Waals surface area contributed by atoms with E-state index in [9.17, 15) is 13.6 Å². The number of hydrogen-bond donors (Lipinski definition) is 1. The Hall–Kier alpha value is -3.47. The zero-order valence-electron chi connectivity index (χ0n) is 18.0. The third-order valence-electron chi connectivity index (χ3n) is 5.66. The van der Waals surface area contributed by atoms with Gasteiger partial charge in [0.2, 0.25) is 0 Å². The number of amides is 1. The van der Waals surface area contributed by atoms with E-state index in [0.717, 1.165) is 22.7 Å². The summed E-state index contributed by atoms with van der Waals surface area (Å²) in [6.07, 6.45) is 0.0795. The number of thiazole rings is 1. The summed E-state index contributed by atoms with van der Waals surface area (Å²) in [6.45, 7) is 2.24. The van der Waals surface area contributed by atoms with Gasteiger partial charge in [-0.15, -0.1) is 11.3 Å². The van der Waals surface area contributed by atoms with E-state index in [1.807, 2.05) is 35.0 Å². The predicted molar refractivity (Wildman–Crippen MR) is 119 cm³/mol. The number of carbonyl (C=O) groups is 1. The number of hydrogen-bond acceptors (Lipinski definition) is 6. The van der Waals surface area contributed by atoms with Crippen LogP contribution in [0.4, 0.5) is 8.78 Å². The lowest BCUT2D eigenvalue weighted by Gasteiger charge is -2.23. The molecular formula is C22H21F2N7OS. The van der Waals surface area contributed by atoms with Gasteiger partial charge in [-0.1, -0.05) is 30.3 Å². The van der Waals surface area contributed by atoms with Crippen LogP contribution in [-0.4, -0.2) is 41.5 Å². The van der Waals surface area contributed by atoms with E-state index in [2.05, 4.69) is 25.5 Å². The molecule has 1 unspecified atom stereocenters. The van der Waals surface area contributed by atoms with Crippen LogP contribution in [0, 0.1) is 6.92 Å². The van der Waals surface area contributed by atoms with Crippen LogP contribution in [0.5, 0.6) is 0 Å². The van der Waals surface area contributed by atoms with Crippen LogP contribution in [0.15, 0.2) is 36.5 Å². The first-order valence-corrected chi connectivity index (χ1v) is 11.3. The Morgan fingerprint density at radius 2 is 2.03 bits per heavy atom. The van der Waals surface area contributed by atoms with Gasteiger partial charge in [0.1, 0.15) is 22.2 Å². The van der Waals surface area contributed by atoms with Crippen molar-refractivity contribution < 1.29 is 13.6 Å². The van der Waals surface area contributed by atoms with Crippen LogP contribution in [0.2, 0.25) is 0 Å². The monoisotopic (exact) mass is 469 g/mol. The molecule has 0 aliphatic carbocycles. The number of nitrogens with one attached hydrogen (secondary N) is 1. The number of aryl methyl sites for hydroxylation is 3. The first kappa shape index (κ1) is 21.4. The Bertz CT molecular complexity index is 1310. The molecule has 0 radical (unpaired) electrons. The molecule has 1 atom stereocenters. The largest absolute Gasteiger partial charge is 0.347 e. The van der Waals surface area contributed by atoms with E-state index in [-0.39, 0.29) is 17.6 Å². The minimum Gasteiger partial charge on any atom is -0.347 e. The van der Waals surface area contributed by atoms with Crippen molar-refractivity contribution in [1.82, 2.24) is 34.8 Å². The number of benzene rings is 1. The van der Waals surface area contributed by atoms with Crippen molar-refractivity contribution in [3.63, 3.8) is 0 Å². The molecule has 11 heteroatoms. The Balaban J connectivity index is 1.35. The normalized spacial score (nSPS) is 15.6. The number of rotatable bonds is 5. The topological polar surface area (TPSA) is 90.5 Å². The average molecular weight is 470 g/mol. The van der Waals surface area contributed by atoms with E-state index in [1.54, 1.807) is 14.0 Å². The van der Waals surface area contributed by atoms with Gasteiger partial charge in [-0.25, -0.2) is 23.4 Å². The van der Waals surface area contributed by atoms with Gasteiger partial charge in [-0.2, -0.15) is 10.2 Å². The molecule has 0 fully saturated rings. The molecule has 0 saturated carbocycles. The van der Waals surface area contributed by atoms with Crippen molar-refractivity contribution in [2.45, 2.75) is 38.8 Å². The first-order valence-electron chi connectivity index (χ1n) is 10.5. The quantitative estimate of drug-likeness (QED) is 0.480. The molecule has 4 aromatic rings. The average Bonchev–Trinajstić information content (AvgIpc) is 3.50.